The molecule has 0 bridgehead atoms. The molecule has 0 radical (unpaired) electrons. The van der Waals surface area contributed by atoms with E-state index in [0.717, 1.165) is 0 Å². The third-order valence-electron chi connectivity index (χ3n) is 3.92. The van der Waals surface area contributed by atoms with Crippen molar-refractivity contribution in [2.24, 2.45) is 0 Å². The molecular weight excluding hydrogens is 375 g/mol. The first kappa shape index (κ1) is 20.9. The Morgan fingerprint density at radius 2 is 1.15 bits per heavy atom. The molecule has 0 saturated carbocycles. The molecule has 1 nitrogen and oxygen atoms in total. The Bertz CT molecular complexity index is 764. The lowest BCUT2D eigenvalue weighted by Gasteiger charge is -2.24. The summed E-state index contributed by atoms with van der Waals surface area (Å²) in [6, 6.07) is 30.4. The van der Waals surface area contributed by atoms with E-state index in [2.05, 4.69) is 105 Å². The van der Waals surface area contributed by atoms with Crippen LogP contribution in [-0.2, 0) is 11.0 Å². The summed E-state index contributed by atoms with van der Waals surface area (Å²) in [6.07, 6.45) is 0. The number of hydrogen-bond donors (Lipinski definition) is 0. The fraction of sp³-hybridized carbons (Fsp3) is 0.182. The van der Waals surface area contributed by atoms with Crippen molar-refractivity contribution in [3.63, 3.8) is 0 Å². The summed E-state index contributed by atoms with van der Waals surface area (Å²) in [4.78, 5) is 0. The predicted molar refractivity (Wildman–Crippen MR) is 121 cm³/mol. The van der Waals surface area contributed by atoms with Gasteiger partial charge in [-0.3, -0.25) is 0 Å². The topological polar surface area (TPSA) is 9.23 Å². The van der Waals surface area contributed by atoms with Crippen molar-refractivity contribution in [3.05, 3.63) is 90.5 Å². The fourth-order valence-corrected chi connectivity index (χ4v) is 5.77. The van der Waals surface area contributed by atoms with Crippen molar-refractivity contribution in [3.8, 4) is 0 Å². The van der Waals surface area contributed by atoms with E-state index in [1.807, 2.05) is 0 Å². The Kier molecular flexibility index (Phi) is 7.61. The molecule has 0 atom stereocenters. The molecule has 0 spiro atoms. The lowest BCUT2D eigenvalue weighted by atomic mass is 10.2. The van der Waals surface area contributed by atoms with E-state index in [0.29, 0.717) is 6.61 Å². The van der Waals surface area contributed by atoms with Gasteiger partial charge >= 0.3 is 0 Å². The van der Waals surface area contributed by atoms with Crippen LogP contribution in [0.4, 0.5) is 0 Å². The quantitative estimate of drug-likeness (QED) is 0.407. The third-order valence-corrected chi connectivity index (χ3v) is 7.48. The minimum absolute atomic E-state index is 0. The summed E-state index contributed by atoms with van der Waals surface area (Å²) in [5, 5.41) is 4.15. The summed E-state index contributed by atoms with van der Waals surface area (Å²) >= 11 is 0. The van der Waals surface area contributed by atoms with Gasteiger partial charge in [0, 0.05) is 0 Å². The molecule has 0 N–H and O–H groups in total. The minimum atomic E-state index is -1.55. The molecule has 0 heterocycles. The second kappa shape index (κ2) is 9.48. The van der Waals surface area contributed by atoms with Crippen molar-refractivity contribution < 1.29 is 4.43 Å². The van der Waals surface area contributed by atoms with Gasteiger partial charge in [0.1, 0.15) is 0 Å². The highest BCUT2D eigenvalue weighted by molar-refractivity contribution is 7.79. The Morgan fingerprint density at radius 1 is 0.692 bits per heavy atom. The minimum Gasteiger partial charge on any atom is -0.413 e. The first-order valence-electron chi connectivity index (χ1n) is 8.67. The monoisotopic (exact) mass is 400 g/mol. The van der Waals surface area contributed by atoms with E-state index in [9.17, 15) is 0 Å². The van der Waals surface area contributed by atoms with Gasteiger partial charge < -0.3 is 4.43 Å². The molecule has 0 amide bonds. The summed E-state index contributed by atoms with van der Waals surface area (Å²) in [6.45, 7) is 7.43. The maximum Gasteiger partial charge on any atom is 0.184 e. The number of hydrogen-bond acceptors (Lipinski definition) is 1. The van der Waals surface area contributed by atoms with Gasteiger partial charge in [0.05, 0.1) is 6.61 Å². The van der Waals surface area contributed by atoms with Crippen molar-refractivity contribution in [2.45, 2.75) is 26.2 Å². The molecule has 3 rings (SSSR count). The van der Waals surface area contributed by atoms with Crippen molar-refractivity contribution >= 4 is 44.6 Å². The molecule has 0 fully saturated rings. The molecule has 4 heteroatoms. The molecule has 3 aromatic rings. The van der Waals surface area contributed by atoms with Crippen molar-refractivity contribution in [1.29, 1.82) is 0 Å². The van der Waals surface area contributed by atoms with Gasteiger partial charge in [-0.1, -0.05) is 84.9 Å². The first-order chi connectivity index (χ1) is 12.0. The van der Waals surface area contributed by atoms with E-state index in [1.165, 1.54) is 21.5 Å². The van der Waals surface area contributed by atoms with E-state index in [-0.39, 0.29) is 12.4 Å². The van der Waals surface area contributed by atoms with Gasteiger partial charge in [-0.25, -0.2) is 0 Å². The number of halogens is 1. The standard InChI is InChI=1S/C22H25OPSi.ClH/c1-25(2,3)23-18-19-12-10-11-17-22(19)24(20-13-6-4-7-14-20)21-15-8-5-9-16-21;/h4-17H,18H2,1-3H3;1H. The van der Waals surface area contributed by atoms with Gasteiger partial charge in [-0.05, 0) is 49.0 Å². The van der Waals surface area contributed by atoms with Crippen LogP contribution >= 0.6 is 20.3 Å². The van der Waals surface area contributed by atoms with Crippen LogP contribution in [0.2, 0.25) is 19.6 Å². The van der Waals surface area contributed by atoms with Crippen LogP contribution in [0, 0.1) is 0 Å². The van der Waals surface area contributed by atoms with Crippen LogP contribution in [0.25, 0.3) is 0 Å². The second-order valence-corrected chi connectivity index (χ2v) is 13.7. The predicted octanol–water partition coefficient (Wildman–Crippen LogP) is 5.22. The highest BCUT2D eigenvalue weighted by Gasteiger charge is 2.21. The van der Waals surface area contributed by atoms with Crippen LogP contribution < -0.4 is 15.9 Å². The summed E-state index contributed by atoms with van der Waals surface area (Å²) in [5.41, 5.74) is 1.31. The fourth-order valence-electron chi connectivity index (χ4n) is 2.73. The van der Waals surface area contributed by atoms with Crippen LogP contribution in [0.5, 0.6) is 0 Å². The summed E-state index contributed by atoms with van der Waals surface area (Å²) in [7, 11) is -2.13. The van der Waals surface area contributed by atoms with Gasteiger partial charge in [0.2, 0.25) is 0 Å². The lowest BCUT2D eigenvalue weighted by molar-refractivity contribution is 0.300. The molecule has 0 saturated heterocycles. The zero-order valence-corrected chi connectivity index (χ0v) is 18.3. The summed E-state index contributed by atoms with van der Waals surface area (Å²) in [5.74, 6) is 0. The smallest absolute Gasteiger partial charge is 0.184 e. The van der Waals surface area contributed by atoms with Gasteiger partial charge in [0.25, 0.3) is 0 Å². The first-order valence-corrected chi connectivity index (χ1v) is 13.4. The molecule has 136 valence electrons. The lowest BCUT2D eigenvalue weighted by Crippen LogP contribution is -2.28. The maximum atomic E-state index is 6.23. The maximum absolute atomic E-state index is 6.23. The molecule has 0 aromatic heterocycles. The van der Waals surface area contributed by atoms with Crippen LogP contribution in [0.1, 0.15) is 5.56 Å². The molecular formula is C22H26ClOPSi. The molecule has 0 unspecified atom stereocenters. The van der Waals surface area contributed by atoms with E-state index < -0.39 is 16.2 Å². The van der Waals surface area contributed by atoms with E-state index >= 15 is 0 Å². The average Bonchev–Trinajstić information content (AvgIpc) is 2.62. The molecule has 0 aliphatic rings. The zero-order valence-electron chi connectivity index (χ0n) is 15.6. The van der Waals surface area contributed by atoms with Gasteiger partial charge in [-0.2, -0.15) is 0 Å². The second-order valence-electron chi connectivity index (χ2n) is 7.04. The molecule has 26 heavy (non-hydrogen) atoms. The number of rotatable bonds is 6. The molecule has 0 aliphatic heterocycles. The van der Waals surface area contributed by atoms with Gasteiger partial charge in [-0.15, -0.1) is 12.4 Å². The molecule has 3 aromatic carbocycles. The zero-order chi connectivity index (χ0) is 17.7. The van der Waals surface area contributed by atoms with E-state index in [1.54, 1.807) is 0 Å². The average molecular weight is 401 g/mol. The highest BCUT2D eigenvalue weighted by Crippen LogP contribution is 2.34. The van der Waals surface area contributed by atoms with Gasteiger partial charge in [0.15, 0.2) is 8.32 Å². The SMILES string of the molecule is C[Si](C)(C)OCc1ccccc1P(c1ccccc1)c1ccccc1.Cl. The Balaban J connectivity index is 0.00000243. The van der Waals surface area contributed by atoms with Crippen LogP contribution in [0.3, 0.4) is 0 Å². The third kappa shape index (κ3) is 5.53. The van der Waals surface area contributed by atoms with Crippen LogP contribution in [-0.4, -0.2) is 8.32 Å². The molecule has 0 aliphatic carbocycles. The number of benzene rings is 3. The summed E-state index contributed by atoms with van der Waals surface area (Å²) < 4.78 is 6.23. The highest BCUT2D eigenvalue weighted by atomic mass is 35.5. The largest absolute Gasteiger partial charge is 0.413 e. The van der Waals surface area contributed by atoms with Crippen molar-refractivity contribution in [1.82, 2.24) is 0 Å². The van der Waals surface area contributed by atoms with Crippen LogP contribution in [0.15, 0.2) is 84.9 Å². The van der Waals surface area contributed by atoms with Crippen molar-refractivity contribution in [2.75, 3.05) is 0 Å². The Morgan fingerprint density at radius 3 is 1.65 bits per heavy atom. The van der Waals surface area contributed by atoms with E-state index in [4.69, 9.17) is 4.43 Å². The Hall–Kier alpha value is -1.44. The normalized spacial score (nSPS) is 11.2. The Labute approximate surface area is 165 Å².